The normalized spacial score (nSPS) is 25.0. The van der Waals surface area contributed by atoms with E-state index in [4.69, 9.17) is 0 Å². The van der Waals surface area contributed by atoms with E-state index in [0.29, 0.717) is 17.8 Å². The van der Waals surface area contributed by atoms with Crippen molar-refractivity contribution in [2.24, 2.45) is 11.8 Å². The molecule has 5 rings (SSSR count). The summed E-state index contributed by atoms with van der Waals surface area (Å²) in [5.41, 5.74) is 7.60. The fourth-order valence-electron chi connectivity index (χ4n) is 5.74. The Balaban J connectivity index is 1.53. The Morgan fingerprint density at radius 3 is 2.13 bits per heavy atom. The topological polar surface area (TPSA) is 0 Å². The molecule has 0 bridgehead atoms. The third-order valence-corrected chi connectivity index (χ3v) is 11.1. The summed E-state index contributed by atoms with van der Waals surface area (Å²) in [5, 5.41) is 3.25. The van der Waals surface area contributed by atoms with Gasteiger partial charge < -0.3 is 0 Å². The van der Waals surface area contributed by atoms with Crippen molar-refractivity contribution in [3.05, 3.63) is 129 Å². The van der Waals surface area contributed by atoms with Gasteiger partial charge in [-0.3, -0.25) is 0 Å². The minimum absolute atomic E-state index is 0.451. The predicted octanol–water partition coefficient (Wildman–Crippen LogP) is 7.94. The highest BCUT2D eigenvalue weighted by Crippen LogP contribution is 2.48. The van der Waals surface area contributed by atoms with E-state index in [1.807, 2.05) is 0 Å². The molecule has 0 amide bonds. The largest absolute Gasteiger partial charge is 0.113 e. The van der Waals surface area contributed by atoms with Crippen molar-refractivity contribution in [2.45, 2.75) is 39.3 Å². The van der Waals surface area contributed by atoms with Crippen LogP contribution < -0.4 is 0 Å². The van der Waals surface area contributed by atoms with E-state index in [-0.39, 0.29) is 0 Å². The van der Waals surface area contributed by atoms with E-state index in [9.17, 15) is 0 Å². The maximum atomic E-state index is 2.60. The fraction of sp³-hybridized carbons (Fsp3) is 0.267. The van der Waals surface area contributed by atoms with Gasteiger partial charge in [0.2, 0.25) is 0 Å². The third kappa shape index (κ3) is 3.45. The van der Waals surface area contributed by atoms with Crippen molar-refractivity contribution in [3.63, 3.8) is 0 Å². The van der Waals surface area contributed by atoms with Crippen molar-refractivity contribution in [1.82, 2.24) is 0 Å². The van der Waals surface area contributed by atoms with Crippen molar-refractivity contribution < 1.29 is 0 Å². The molecule has 0 heterocycles. The van der Waals surface area contributed by atoms with Crippen LogP contribution in [0.25, 0.3) is 0 Å². The molecule has 0 saturated heterocycles. The van der Waals surface area contributed by atoms with Gasteiger partial charge in [0.15, 0.2) is 0 Å². The number of allylic oxidation sites excluding steroid dienone is 16. The first-order chi connectivity index (χ1) is 15.0. The fourth-order valence-corrected chi connectivity index (χ4v) is 9.09. The molecule has 0 radical (unpaired) electrons. The van der Waals surface area contributed by atoms with Crippen LogP contribution in [-0.2, 0) is 0 Å². The molecule has 0 aliphatic heterocycles. The van der Waals surface area contributed by atoms with Crippen molar-refractivity contribution in [2.75, 3.05) is 0 Å². The van der Waals surface area contributed by atoms with E-state index < -0.39 is 8.07 Å². The summed E-state index contributed by atoms with van der Waals surface area (Å²) < 4.78 is 0. The number of fused-ring (bicyclic) bond motifs is 2. The van der Waals surface area contributed by atoms with Crippen LogP contribution in [0, 0.1) is 11.8 Å². The lowest BCUT2D eigenvalue weighted by Crippen LogP contribution is -2.32. The SMILES string of the molecule is CC1=CC([Si](C)(C)C2=C3C=CC=CC3C(CC(C)c3ccccc3)=C2)=C2C=CC=CC12. The Morgan fingerprint density at radius 2 is 1.42 bits per heavy atom. The Kier molecular flexibility index (Phi) is 5.10. The zero-order chi connectivity index (χ0) is 21.6. The molecule has 1 aromatic rings. The quantitative estimate of drug-likeness (QED) is 0.424. The molecular formula is C30H32Si. The monoisotopic (exact) mass is 420 g/mol. The number of hydrogen-bond acceptors (Lipinski definition) is 0. The van der Waals surface area contributed by atoms with Gasteiger partial charge in [0.05, 0.1) is 0 Å². The van der Waals surface area contributed by atoms with Gasteiger partial charge in [-0.1, -0.05) is 133 Å². The summed E-state index contributed by atoms with van der Waals surface area (Å²) >= 11 is 0. The van der Waals surface area contributed by atoms with Gasteiger partial charge in [0, 0.05) is 11.8 Å². The second kappa shape index (κ2) is 7.80. The number of hydrogen-bond donors (Lipinski definition) is 0. The first-order valence-corrected chi connectivity index (χ1v) is 14.6. The molecule has 1 aromatic carbocycles. The van der Waals surface area contributed by atoms with E-state index in [2.05, 4.69) is 118 Å². The highest BCUT2D eigenvalue weighted by atomic mass is 28.3. The smallest absolute Gasteiger partial charge is 0.0730 e. The van der Waals surface area contributed by atoms with Crippen LogP contribution in [0.4, 0.5) is 0 Å². The average molecular weight is 421 g/mol. The van der Waals surface area contributed by atoms with Crippen LogP contribution in [0.1, 0.15) is 31.7 Å². The molecule has 0 N–H and O–H groups in total. The van der Waals surface area contributed by atoms with Gasteiger partial charge in [-0.25, -0.2) is 0 Å². The molecule has 1 heteroatoms. The lowest BCUT2D eigenvalue weighted by Gasteiger charge is -2.28. The number of rotatable bonds is 5. The van der Waals surface area contributed by atoms with Gasteiger partial charge in [0.1, 0.15) is 8.07 Å². The van der Waals surface area contributed by atoms with Crippen LogP contribution in [-0.4, -0.2) is 8.07 Å². The van der Waals surface area contributed by atoms with E-state index in [1.54, 1.807) is 21.5 Å². The minimum atomic E-state index is -1.83. The molecule has 31 heavy (non-hydrogen) atoms. The standard InChI is InChI=1S/C30H32Si/c1-21(23-12-6-5-7-13-23)18-24-20-30(28-17-11-9-15-26(24)28)31(3,4)29-19-22(2)25-14-8-10-16-27(25)29/h5-17,19-21,25-26H,18H2,1-4H3. The molecule has 4 aliphatic carbocycles. The van der Waals surface area contributed by atoms with Crippen LogP contribution in [0.3, 0.4) is 0 Å². The zero-order valence-corrected chi connectivity index (χ0v) is 20.1. The predicted molar refractivity (Wildman–Crippen MR) is 136 cm³/mol. The maximum absolute atomic E-state index is 2.60. The molecule has 4 aliphatic rings. The Bertz CT molecular complexity index is 1140. The van der Waals surface area contributed by atoms with Gasteiger partial charge in [-0.15, -0.1) is 0 Å². The lowest BCUT2D eigenvalue weighted by atomic mass is 9.85. The molecule has 3 atom stereocenters. The van der Waals surface area contributed by atoms with Crippen LogP contribution in [0.5, 0.6) is 0 Å². The van der Waals surface area contributed by atoms with Crippen LogP contribution in [0.2, 0.25) is 13.1 Å². The van der Waals surface area contributed by atoms with Gasteiger partial charge >= 0.3 is 0 Å². The molecule has 0 spiro atoms. The van der Waals surface area contributed by atoms with Gasteiger partial charge in [-0.2, -0.15) is 0 Å². The highest BCUT2D eigenvalue weighted by molar-refractivity contribution is 6.92. The number of benzene rings is 1. The summed E-state index contributed by atoms with van der Waals surface area (Å²) in [5.74, 6) is 1.47. The van der Waals surface area contributed by atoms with Crippen molar-refractivity contribution in [1.29, 1.82) is 0 Å². The Morgan fingerprint density at radius 1 is 0.806 bits per heavy atom. The van der Waals surface area contributed by atoms with Crippen LogP contribution >= 0.6 is 0 Å². The molecule has 0 fully saturated rings. The van der Waals surface area contributed by atoms with Crippen molar-refractivity contribution in [3.8, 4) is 0 Å². The third-order valence-electron chi connectivity index (χ3n) is 7.52. The Labute approximate surface area is 188 Å². The first-order valence-electron chi connectivity index (χ1n) is 11.6. The molecule has 3 unspecified atom stereocenters. The average Bonchev–Trinajstić information content (AvgIpc) is 3.34. The second-order valence-corrected chi connectivity index (χ2v) is 14.3. The maximum Gasteiger partial charge on any atom is 0.113 e. The molecule has 0 saturated carbocycles. The zero-order valence-electron chi connectivity index (χ0n) is 19.1. The summed E-state index contributed by atoms with van der Waals surface area (Å²) in [7, 11) is -1.83. The molecule has 0 aromatic heterocycles. The summed E-state index contributed by atoms with van der Waals surface area (Å²) in [4.78, 5) is 0. The van der Waals surface area contributed by atoms with Crippen LogP contribution in [0.15, 0.2) is 124 Å². The summed E-state index contributed by atoms with van der Waals surface area (Å²) in [6.07, 6.45) is 24.6. The van der Waals surface area contributed by atoms with Gasteiger partial charge in [-0.05, 0) is 36.0 Å². The van der Waals surface area contributed by atoms with Crippen molar-refractivity contribution >= 4 is 8.07 Å². The van der Waals surface area contributed by atoms with E-state index in [0.717, 1.165) is 6.42 Å². The lowest BCUT2D eigenvalue weighted by molar-refractivity contribution is 0.707. The minimum Gasteiger partial charge on any atom is -0.0730 e. The molecular weight excluding hydrogens is 388 g/mol. The summed E-state index contributed by atoms with van der Waals surface area (Å²) in [6.45, 7) is 9.78. The molecule has 0 nitrogen and oxygen atoms in total. The second-order valence-electron chi connectivity index (χ2n) is 9.93. The van der Waals surface area contributed by atoms with Gasteiger partial charge in [0.25, 0.3) is 0 Å². The summed E-state index contributed by atoms with van der Waals surface area (Å²) in [6, 6.07) is 11.0. The first kappa shape index (κ1) is 20.3. The van der Waals surface area contributed by atoms with E-state index >= 15 is 0 Å². The van der Waals surface area contributed by atoms with E-state index in [1.165, 1.54) is 16.7 Å². The highest BCUT2D eigenvalue weighted by Gasteiger charge is 2.40. The Hall–Kier alpha value is -2.64. The molecule has 156 valence electrons.